The first-order valence-electron chi connectivity index (χ1n) is 6.85. The number of hydrogen-bond donors (Lipinski definition) is 2. The Balaban J connectivity index is 1.86. The normalized spacial score (nSPS) is 10.3. The lowest BCUT2D eigenvalue weighted by atomic mass is 10.2. The highest BCUT2D eigenvalue weighted by atomic mass is 35.5. The minimum absolute atomic E-state index is 0.0180. The van der Waals surface area contributed by atoms with E-state index in [-0.39, 0.29) is 34.3 Å². The Morgan fingerprint density at radius 1 is 0.917 bits per heavy atom. The molecule has 2 rings (SSSR count). The maximum atomic E-state index is 13.6. The molecule has 0 aliphatic carbocycles. The van der Waals surface area contributed by atoms with Gasteiger partial charge in [0.1, 0.15) is 5.82 Å². The molecule has 24 heavy (non-hydrogen) atoms. The van der Waals surface area contributed by atoms with E-state index in [0.717, 1.165) is 6.07 Å². The monoisotopic (exact) mass is 388 g/mol. The topological polar surface area (TPSA) is 58.2 Å². The third kappa shape index (κ3) is 4.60. The van der Waals surface area contributed by atoms with Crippen molar-refractivity contribution in [2.75, 3.05) is 13.1 Å². The summed E-state index contributed by atoms with van der Waals surface area (Å²) in [6.45, 7) is 0.232. The molecule has 0 spiro atoms. The summed E-state index contributed by atoms with van der Waals surface area (Å²) >= 11 is 17.5. The van der Waals surface area contributed by atoms with Gasteiger partial charge in [0.2, 0.25) is 0 Å². The van der Waals surface area contributed by atoms with Crippen LogP contribution < -0.4 is 10.6 Å². The van der Waals surface area contributed by atoms with Crippen LogP contribution in [0.1, 0.15) is 20.7 Å². The van der Waals surface area contributed by atoms with E-state index in [1.54, 1.807) is 6.07 Å². The Kier molecular flexibility index (Phi) is 6.43. The molecule has 0 aromatic heterocycles. The maximum absolute atomic E-state index is 13.6. The number of amides is 2. The average molecular weight is 390 g/mol. The predicted octanol–water partition coefficient (Wildman–Crippen LogP) is 3.95. The van der Waals surface area contributed by atoms with Crippen molar-refractivity contribution >= 4 is 46.6 Å². The number of hydrogen-bond acceptors (Lipinski definition) is 2. The standard InChI is InChI=1S/C16H12Cl3FN2O2/c17-9-4-5-10(12(19)8-9)15(23)21-6-7-22-16(24)14-11(18)2-1-3-13(14)20/h1-5,8H,6-7H2,(H,21,23)(H,22,24). The number of carbonyl (C=O) groups excluding carboxylic acids is 2. The van der Waals surface area contributed by atoms with Gasteiger partial charge in [0.25, 0.3) is 11.8 Å². The highest BCUT2D eigenvalue weighted by molar-refractivity contribution is 6.36. The molecular weight excluding hydrogens is 378 g/mol. The molecule has 2 N–H and O–H groups in total. The van der Waals surface area contributed by atoms with Crippen molar-refractivity contribution in [3.63, 3.8) is 0 Å². The summed E-state index contributed by atoms with van der Waals surface area (Å²) in [5.41, 5.74) is 0.0378. The molecule has 8 heteroatoms. The Hall–Kier alpha value is -1.82. The van der Waals surface area contributed by atoms with Gasteiger partial charge < -0.3 is 10.6 Å². The number of halogens is 4. The van der Waals surface area contributed by atoms with E-state index >= 15 is 0 Å². The minimum atomic E-state index is -0.711. The Morgan fingerprint density at radius 3 is 2.21 bits per heavy atom. The lowest BCUT2D eigenvalue weighted by Crippen LogP contribution is -2.35. The van der Waals surface area contributed by atoms with Crippen molar-refractivity contribution in [2.45, 2.75) is 0 Å². The van der Waals surface area contributed by atoms with Crippen LogP contribution in [0.3, 0.4) is 0 Å². The zero-order chi connectivity index (χ0) is 17.7. The molecule has 0 saturated heterocycles. The summed E-state index contributed by atoms with van der Waals surface area (Å²) in [6.07, 6.45) is 0. The van der Waals surface area contributed by atoms with Gasteiger partial charge in [-0.15, -0.1) is 0 Å². The lowest BCUT2D eigenvalue weighted by molar-refractivity contribution is 0.0925. The maximum Gasteiger partial charge on any atom is 0.255 e. The first-order chi connectivity index (χ1) is 11.4. The second-order valence-electron chi connectivity index (χ2n) is 4.73. The molecule has 0 bridgehead atoms. The van der Waals surface area contributed by atoms with Crippen LogP contribution >= 0.6 is 34.8 Å². The molecule has 0 radical (unpaired) electrons. The Morgan fingerprint density at radius 2 is 1.58 bits per heavy atom. The van der Waals surface area contributed by atoms with Crippen LogP contribution in [-0.4, -0.2) is 24.9 Å². The third-order valence-electron chi connectivity index (χ3n) is 3.06. The summed E-state index contributed by atoms with van der Waals surface area (Å²) in [5, 5.41) is 5.73. The third-order valence-corrected chi connectivity index (χ3v) is 3.92. The molecule has 0 heterocycles. The van der Waals surface area contributed by atoms with E-state index in [0.29, 0.717) is 5.02 Å². The van der Waals surface area contributed by atoms with Crippen molar-refractivity contribution in [2.24, 2.45) is 0 Å². The van der Waals surface area contributed by atoms with Gasteiger partial charge in [0.05, 0.1) is 21.2 Å². The van der Waals surface area contributed by atoms with Crippen molar-refractivity contribution in [1.29, 1.82) is 0 Å². The quantitative estimate of drug-likeness (QED) is 0.761. The number of benzene rings is 2. The molecule has 0 aliphatic rings. The summed E-state index contributed by atoms with van der Waals surface area (Å²) < 4.78 is 13.6. The van der Waals surface area contributed by atoms with Crippen LogP contribution in [0.5, 0.6) is 0 Å². The van der Waals surface area contributed by atoms with Crippen molar-refractivity contribution < 1.29 is 14.0 Å². The smallest absolute Gasteiger partial charge is 0.255 e. The van der Waals surface area contributed by atoms with E-state index in [9.17, 15) is 14.0 Å². The van der Waals surface area contributed by atoms with Crippen LogP contribution in [0.4, 0.5) is 4.39 Å². The van der Waals surface area contributed by atoms with Crippen molar-refractivity contribution in [3.05, 3.63) is 68.4 Å². The van der Waals surface area contributed by atoms with Crippen LogP contribution in [0.25, 0.3) is 0 Å². The number of carbonyl (C=O) groups is 2. The molecule has 0 saturated carbocycles. The van der Waals surface area contributed by atoms with E-state index < -0.39 is 17.6 Å². The number of nitrogens with one attached hydrogen (secondary N) is 2. The lowest BCUT2D eigenvalue weighted by Gasteiger charge is -2.09. The summed E-state index contributed by atoms with van der Waals surface area (Å²) in [5.74, 6) is -1.77. The van der Waals surface area contributed by atoms with Crippen LogP contribution in [-0.2, 0) is 0 Å². The van der Waals surface area contributed by atoms with Crippen LogP contribution in [0.15, 0.2) is 36.4 Å². The van der Waals surface area contributed by atoms with Crippen molar-refractivity contribution in [3.8, 4) is 0 Å². The fraction of sp³-hybridized carbons (Fsp3) is 0.125. The average Bonchev–Trinajstić information content (AvgIpc) is 2.51. The second kappa shape index (κ2) is 8.33. The summed E-state index contributed by atoms with van der Waals surface area (Å²) in [6, 6.07) is 8.47. The van der Waals surface area contributed by atoms with Gasteiger partial charge in [0, 0.05) is 18.1 Å². The highest BCUT2D eigenvalue weighted by Gasteiger charge is 2.15. The summed E-state index contributed by atoms with van der Waals surface area (Å²) in [4.78, 5) is 23.9. The van der Waals surface area contributed by atoms with Crippen molar-refractivity contribution in [1.82, 2.24) is 10.6 Å². The highest BCUT2D eigenvalue weighted by Crippen LogP contribution is 2.21. The Labute approximate surface area is 152 Å². The Bertz CT molecular complexity index is 764. The van der Waals surface area contributed by atoms with Gasteiger partial charge in [-0.25, -0.2) is 4.39 Å². The van der Waals surface area contributed by atoms with Gasteiger partial charge in [0.15, 0.2) is 0 Å². The van der Waals surface area contributed by atoms with E-state index in [4.69, 9.17) is 34.8 Å². The van der Waals surface area contributed by atoms with Gasteiger partial charge >= 0.3 is 0 Å². The molecule has 0 fully saturated rings. The molecule has 0 aliphatic heterocycles. The molecule has 4 nitrogen and oxygen atoms in total. The van der Waals surface area contributed by atoms with E-state index in [1.807, 2.05) is 0 Å². The van der Waals surface area contributed by atoms with Crippen LogP contribution in [0, 0.1) is 5.82 Å². The summed E-state index contributed by atoms with van der Waals surface area (Å²) in [7, 11) is 0. The van der Waals surface area contributed by atoms with E-state index in [2.05, 4.69) is 10.6 Å². The van der Waals surface area contributed by atoms with Gasteiger partial charge in [-0.3, -0.25) is 9.59 Å². The zero-order valence-corrected chi connectivity index (χ0v) is 14.5. The van der Waals surface area contributed by atoms with Gasteiger partial charge in [-0.2, -0.15) is 0 Å². The van der Waals surface area contributed by atoms with Gasteiger partial charge in [-0.05, 0) is 30.3 Å². The molecule has 0 unspecified atom stereocenters. The SMILES string of the molecule is O=C(NCCNC(=O)c1c(F)cccc1Cl)c1ccc(Cl)cc1Cl. The van der Waals surface area contributed by atoms with E-state index in [1.165, 1.54) is 24.3 Å². The predicted molar refractivity (Wildman–Crippen MR) is 92.5 cm³/mol. The molecule has 2 aromatic carbocycles. The zero-order valence-electron chi connectivity index (χ0n) is 12.2. The fourth-order valence-electron chi connectivity index (χ4n) is 1.92. The molecule has 2 aromatic rings. The number of rotatable bonds is 5. The molecule has 2 amide bonds. The fourth-order valence-corrected chi connectivity index (χ4v) is 2.67. The first-order valence-corrected chi connectivity index (χ1v) is 7.99. The van der Waals surface area contributed by atoms with Gasteiger partial charge in [-0.1, -0.05) is 40.9 Å². The molecular formula is C16H12Cl3FN2O2. The largest absolute Gasteiger partial charge is 0.350 e. The first kappa shape index (κ1) is 18.5. The molecule has 0 atom stereocenters. The second-order valence-corrected chi connectivity index (χ2v) is 5.98. The van der Waals surface area contributed by atoms with Crippen LogP contribution in [0.2, 0.25) is 15.1 Å². The minimum Gasteiger partial charge on any atom is -0.350 e. The molecule has 126 valence electrons.